The molecule has 2 heterocycles. The molecule has 2 aliphatic rings. The molecule has 0 aromatic rings. The Morgan fingerprint density at radius 1 is 1.43 bits per heavy atom. The maximum absolute atomic E-state index is 10.8. The van der Waals surface area contributed by atoms with Gasteiger partial charge in [-0.2, -0.15) is 0 Å². The van der Waals surface area contributed by atoms with E-state index in [1.165, 1.54) is 4.90 Å². The lowest BCUT2D eigenvalue weighted by atomic mass is 10.2. The molecule has 0 radical (unpaired) electrons. The summed E-state index contributed by atoms with van der Waals surface area (Å²) in [4.78, 5) is 14.5. The standard InChI is InChI=1S/C10H14N2O2/c1-2-8-3-4-9-7-11(10(13)14)5-6-12(8)9/h1,8-9H,3-7H2,(H,13,14)/t8-,9-/m0/s1. The van der Waals surface area contributed by atoms with Gasteiger partial charge in [0.1, 0.15) is 0 Å². The van der Waals surface area contributed by atoms with Gasteiger partial charge in [-0.25, -0.2) is 4.79 Å². The van der Waals surface area contributed by atoms with Crippen molar-refractivity contribution in [1.29, 1.82) is 0 Å². The molecule has 1 amide bonds. The normalized spacial score (nSPS) is 32.4. The first kappa shape index (κ1) is 9.35. The summed E-state index contributed by atoms with van der Waals surface area (Å²) in [5.41, 5.74) is 0. The van der Waals surface area contributed by atoms with Crippen molar-refractivity contribution in [2.45, 2.75) is 24.9 Å². The Hall–Kier alpha value is -1.21. The van der Waals surface area contributed by atoms with E-state index in [2.05, 4.69) is 10.8 Å². The van der Waals surface area contributed by atoms with Crippen LogP contribution in [0.5, 0.6) is 0 Å². The maximum atomic E-state index is 10.8. The van der Waals surface area contributed by atoms with Crippen LogP contribution >= 0.6 is 0 Å². The van der Waals surface area contributed by atoms with Crippen LogP contribution in [0.1, 0.15) is 12.8 Å². The van der Waals surface area contributed by atoms with Crippen LogP contribution in [0.3, 0.4) is 0 Å². The van der Waals surface area contributed by atoms with E-state index in [1.54, 1.807) is 0 Å². The van der Waals surface area contributed by atoms with E-state index in [0.29, 0.717) is 19.1 Å². The Labute approximate surface area is 83.5 Å². The predicted octanol–water partition coefficient (Wildman–Crippen LogP) is 0.446. The molecule has 1 N–H and O–H groups in total. The van der Waals surface area contributed by atoms with Gasteiger partial charge in [0, 0.05) is 25.7 Å². The minimum Gasteiger partial charge on any atom is -0.465 e. The number of piperazine rings is 1. The average Bonchev–Trinajstić information content (AvgIpc) is 2.59. The van der Waals surface area contributed by atoms with Gasteiger partial charge in [0.15, 0.2) is 0 Å². The number of carboxylic acid groups (broad SMARTS) is 1. The zero-order chi connectivity index (χ0) is 10.1. The summed E-state index contributed by atoms with van der Waals surface area (Å²) in [6, 6.07) is 0.580. The first-order valence-corrected chi connectivity index (χ1v) is 4.92. The minimum absolute atomic E-state index is 0.232. The molecule has 14 heavy (non-hydrogen) atoms. The Morgan fingerprint density at radius 2 is 2.21 bits per heavy atom. The Bertz CT molecular complexity index is 284. The van der Waals surface area contributed by atoms with Gasteiger partial charge in [0.2, 0.25) is 0 Å². The highest BCUT2D eigenvalue weighted by molar-refractivity contribution is 5.65. The number of hydrogen-bond donors (Lipinski definition) is 1. The van der Waals surface area contributed by atoms with Crippen molar-refractivity contribution in [1.82, 2.24) is 9.80 Å². The minimum atomic E-state index is -0.811. The summed E-state index contributed by atoms with van der Waals surface area (Å²) in [5, 5.41) is 8.85. The Balaban J connectivity index is 2.02. The van der Waals surface area contributed by atoms with Gasteiger partial charge in [0.25, 0.3) is 0 Å². The molecule has 76 valence electrons. The summed E-state index contributed by atoms with van der Waals surface area (Å²) in [6.45, 7) is 1.99. The van der Waals surface area contributed by atoms with Gasteiger partial charge in [0.05, 0.1) is 6.04 Å². The smallest absolute Gasteiger partial charge is 0.407 e. The van der Waals surface area contributed by atoms with Crippen molar-refractivity contribution in [3.63, 3.8) is 0 Å². The van der Waals surface area contributed by atoms with Gasteiger partial charge in [-0.15, -0.1) is 6.42 Å². The van der Waals surface area contributed by atoms with Crippen molar-refractivity contribution in [2.24, 2.45) is 0 Å². The van der Waals surface area contributed by atoms with E-state index in [9.17, 15) is 4.79 Å². The van der Waals surface area contributed by atoms with Gasteiger partial charge in [-0.3, -0.25) is 4.90 Å². The van der Waals surface area contributed by atoms with Crippen LogP contribution in [0.15, 0.2) is 0 Å². The fourth-order valence-corrected chi connectivity index (χ4v) is 2.41. The first-order valence-electron chi connectivity index (χ1n) is 4.92. The second-order valence-electron chi connectivity index (χ2n) is 3.88. The third-order valence-electron chi connectivity index (χ3n) is 3.16. The second-order valence-corrected chi connectivity index (χ2v) is 3.88. The van der Waals surface area contributed by atoms with Crippen molar-refractivity contribution >= 4 is 6.09 Å². The number of hydrogen-bond acceptors (Lipinski definition) is 2. The monoisotopic (exact) mass is 194 g/mol. The number of amides is 1. The van der Waals surface area contributed by atoms with Crippen LogP contribution in [-0.4, -0.2) is 52.7 Å². The van der Waals surface area contributed by atoms with Crippen LogP contribution in [0.4, 0.5) is 4.79 Å². The van der Waals surface area contributed by atoms with E-state index in [4.69, 9.17) is 11.5 Å². The number of fused-ring (bicyclic) bond motifs is 1. The lowest BCUT2D eigenvalue weighted by Gasteiger charge is -2.37. The van der Waals surface area contributed by atoms with Crippen molar-refractivity contribution in [3.05, 3.63) is 0 Å². The largest absolute Gasteiger partial charge is 0.465 e. The SMILES string of the molecule is C#C[C@H]1CC[C@H]2CN(C(=O)O)CCN21. The third kappa shape index (κ3) is 1.44. The summed E-state index contributed by atoms with van der Waals surface area (Å²) in [6.07, 6.45) is 6.64. The molecule has 2 saturated heterocycles. The molecule has 0 bridgehead atoms. The molecule has 0 aromatic heterocycles. The summed E-state index contributed by atoms with van der Waals surface area (Å²) in [5.74, 6) is 2.77. The zero-order valence-corrected chi connectivity index (χ0v) is 8.02. The molecule has 2 aliphatic heterocycles. The van der Waals surface area contributed by atoms with Crippen molar-refractivity contribution < 1.29 is 9.90 Å². The van der Waals surface area contributed by atoms with Crippen LogP contribution in [0, 0.1) is 12.3 Å². The Kier molecular flexibility index (Phi) is 2.34. The summed E-state index contributed by atoms with van der Waals surface area (Å²) < 4.78 is 0. The second kappa shape index (κ2) is 3.50. The number of nitrogens with zero attached hydrogens (tertiary/aromatic N) is 2. The molecule has 0 unspecified atom stereocenters. The van der Waals surface area contributed by atoms with Crippen LogP contribution in [-0.2, 0) is 0 Å². The lowest BCUT2D eigenvalue weighted by Crippen LogP contribution is -2.53. The highest BCUT2D eigenvalue weighted by Gasteiger charge is 2.37. The topological polar surface area (TPSA) is 43.8 Å². The fourth-order valence-electron chi connectivity index (χ4n) is 2.41. The van der Waals surface area contributed by atoms with Crippen molar-refractivity contribution in [2.75, 3.05) is 19.6 Å². The number of terminal acetylenes is 1. The van der Waals surface area contributed by atoms with Gasteiger partial charge < -0.3 is 10.0 Å². The van der Waals surface area contributed by atoms with Gasteiger partial charge >= 0.3 is 6.09 Å². The molecule has 0 saturated carbocycles. The highest BCUT2D eigenvalue weighted by atomic mass is 16.4. The summed E-state index contributed by atoms with van der Waals surface area (Å²) in [7, 11) is 0. The zero-order valence-electron chi connectivity index (χ0n) is 8.02. The molecule has 4 nitrogen and oxygen atoms in total. The van der Waals surface area contributed by atoms with E-state index in [1.807, 2.05) is 0 Å². The molecular weight excluding hydrogens is 180 g/mol. The molecule has 0 aliphatic carbocycles. The maximum Gasteiger partial charge on any atom is 0.407 e. The van der Waals surface area contributed by atoms with E-state index in [0.717, 1.165) is 19.4 Å². The van der Waals surface area contributed by atoms with Crippen LogP contribution in [0.2, 0.25) is 0 Å². The molecule has 0 aromatic carbocycles. The van der Waals surface area contributed by atoms with Gasteiger partial charge in [-0.05, 0) is 12.8 Å². The molecule has 2 fully saturated rings. The average molecular weight is 194 g/mol. The Morgan fingerprint density at radius 3 is 2.86 bits per heavy atom. The molecule has 2 atom stereocenters. The fraction of sp³-hybridized carbons (Fsp3) is 0.700. The summed E-state index contributed by atoms with van der Waals surface area (Å²) >= 11 is 0. The van der Waals surface area contributed by atoms with Gasteiger partial charge in [-0.1, -0.05) is 5.92 Å². The van der Waals surface area contributed by atoms with Crippen LogP contribution in [0.25, 0.3) is 0 Å². The molecule has 0 spiro atoms. The highest BCUT2D eigenvalue weighted by Crippen LogP contribution is 2.26. The quantitative estimate of drug-likeness (QED) is 0.569. The number of rotatable bonds is 0. The van der Waals surface area contributed by atoms with Crippen molar-refractivity contribution in [3.8, 4) is 12.3 Å². The molecule has 4 heteroatoms. The van der Waals surface area contributed by atoms with E-state index in [-0.39, 0.29) is 6.04 Å². The molecule has 2 rings (SSSR count). The van der Waals surface area contributed by atoms with E-state index < -0.39 is 6.09 Å². The predicted molar refractivity (Wildman–Crippen MR) is 51.9 cm³/mol. The number of carbonyl (C=O) groups is 1. The van der Waals surface area contributed by atoms with Crippen LogP contribution < -0.4 is 0 Å². The third-order valence-corrected chi connectivity index (χ3v) is 3.16. The lowest BCUT2D eigenvalue weighted by molar-refractivity contribution is 0.0808. The van der Waals surface area contributed by atoms with E-state index >= 15 is 0 Å². The molecular formula is C10H14N2O2. The first-order chi connectivity index (χ1) is 6.72.